The Labute approximate surface area is 111 Å². The zero-order valence-electron chi connectivity index (χ0n) is 11.4. The average molecular weight is 274 g/mol. The van der Waals surface area contributed by atoms with E-state index in [2.05, 4.69) is 24.1 Å². The second-order valence-electron chi connectivity index (χ2n) is 4.80. The molecule has 0 atom stereocenters. The second-order valence-corrected chi connectivity index (χ2v) is 4.80. The van der Waals surface area contributed by atoms with Crippen LogP contribution in [0.15, 0.2) is 12.4 Å². The summed E-state index contributed by atoms with van der Waals surface area (Å²) in [4.78, 5) is 16.9. The molecule has 1 heterocycles. The number of rotatable bonds is 6. The van der Waals surface area contributed by atoms with E-state index in [9.17, 15) is 13.6 Å². The second kappa shape index (κ2) is 7.06. The highest BCUT2D eigenvalue weighted by atomic mass is 19.3. The third kappa shape index (κ3) is 4.84. The van der Waals surface area contributed by atoms with E-state index < -0.39 is 6.55 Å². The summed E-state index contributed by atoms with van der Waals surface area (Å²) < 4.78 is 26.0. The minimum absolute atomic E-state index is 0.0465. The number of imidazole rings is 1. The van der Waals surface area contributed by atoms with Gasteiger partial charge in [0, 0.05) is 26.0 Å². The molecular formula is C12H20F2N4O. The van der Waals surface area contributed by atoms with Crippen LogP contribution in [0.25, 0.3) is 0 Å². The summed E-state index contributed by atoms with van der Waals surface area (Å²) in [6.45, 7) is 2.11. The number of halogens is 2. The monoisotopic (exact) mass is 274 g/mol. The van der Waals surface area contributed by atoms with Crippen molar-refractivity contribution < 1.29 is 13.6 Å². The van der Waals surface area contributed by atoms with Gasteiger partial charge in [0.15, 0.2) is 0 Å². The first-order valence-electron chi connectivity index (χ1n) is 6.20. The molecule has 1 aromatic heterocycles. The Morgan fingerprint density at radius 2 is 2.21 bits per heavy atom. The van der Waals surface area contributed by atoms with Gasteiger partial charge >= 0.3 is 12.6 Å². The van der Waals surface area contributed by atoms with E-state index in [1.807, 2.05) is 0 Å². The van der Waals surface area contributed by atoms with E-state index in [4.69, 9.17) is 0 Å². The number of carbonyl (C=O) groups excluding carboxylic acids is 1. The van der Waals surface area contributed by atoms with Crippen LogP contribution in [0, 0.1) is 5.92 Å². The maximum Gasteiger partial charge on any atom is 0.319 e. The Morgan fingerprint density at radius 1 is 1.53 bits per heavy atom. The zero-order valence-corrected chi connectivity index (χ0v) is 11.4. The first kappa shape index (κ1) is 15.4. The van der Waals surface area contributed by atoms with Crippen molar-refractivity contribution in [2.24, 2.45) is 5.92 Å². The minimum Gasteiger partial charge on any atom is -0.338 e. The maximum absolute atomic E-state index is 12.6. The molecule has 0 fully saturated rings. The van der Waals surface area contributed by atoms with Crippen LogP contribution in [0.2, 0.25) is 0 Å². The lowest BCUT2D eigenvalue weighted by Crippen LogP contribution is -2.38. The van der Waals surface area contributed by atoms with Crippen molar-refractivity contribution in [1.82, 2.24) is 19.8 Å². The number of alkyl halides is 2. The third-order valence-corrected chi connectivity index (χ3v) is 2.68. The smallest absolute Gasteiger partial charge is 0.319 e. The predicted octanol–water partition coefficient (Wildman–Crippen LogP) is 2.47. The highest BCUT2D eigenvalue weighted by Crippen LogP contribution is 2.13. The van der Waals surface area contributed by atoms with Gasteiger partial charge in [-0.25, -0.2) is 9.78 Å². The Balaban J connectivity index is 2.47. The molecule has 0 aromatic carbocycles. The van der Waals surface area contributed by atoms with Crippen LogP contribution in [0.1, 0.15) is 32.6 Å². The Morgan fingerprint density at radius 3 is 2.79 bits per heavy atom. The highest BCUT2D eigenvalue weighted by Gasteiger charge is 2.15. The van der Waals surface area contributed by atoms with Crippen molar-refractivity contribution in [1.29, 1.82) is 0 Å². The summed E-state index contributed by atoms with van der Waals surface area (Å²) in [6.07, 6.45) is 3.38. The van der Waals surface area contributed by atoms with E-state index in [-0.39, 0.29) is 18.4 Å². The van der Waals surface area contributed by atoms with Crippen LogP contribution in [-0.4, -0.2) is 34.1 Å². The van der Waals surface area contributed by atoms with Crippen molar-refractivity contribution in [3.05, 3.63) is 18.2 Å². The van der Waals surface area contributed by atoms with Gasteiger partial charge in [-0.05, 0) is 12.3 Å². The van der Waals surface area contributed by atoms with Crippen molar-refractivity contribution in [3.8, 4) is 0 Å². The van der Waals surface area contributed by atoms with Gasteiger partial charge in [-0.1, -0.05) is 13.8 Å². The van der Waals surface area contributed by atoms with Crippen LogP contribution in [0.5, 0.6) is 0 Å². The maximum atomic E-state index is 12.6. The van der Waals surface area contributed by atoms with Gasteiger partial charge in [0.25, 0.3) is 0 Å². The molecule has 0 aliphatic heterocycles. The molecule has 1 N–H and O–H groups in total. The van der Waals surface area contributed by atoms with Crippen molar-refractivity contribution >= 4 is 6.03 Å². The van der Waals surface area contributed by atoms with Crippen LogP contribution in [-0.2, 0) is 6.54 Å². The fourth-order valence-corrected chi connectivity index (χ4v) is 1.53. The number of hydrogen-bond donors (Lipinski definition) is 1. The Hall–Kier alpha value is -1.66. The molecule has 108 valence electrons. The summed E-state index contributed by atoms with van der Waals surface area (Å²) in [7, 11) is 1.55. The summed E-state index contributed by atoms with van der Waals surface area (Å²) in [5.74, 6) is 0.667. The number of nitrogens with one attached hydrogen (secondary N) is 1. The summed E-state index contributed by atoms with van der Waals surface area (Å²) in [6, 6.07) is -0.288. The largest absolute Gasteiger partial charge is 0.338 e. The fraction of sp³-hybridized carbons (Fsp3) is 0.667. The topological polar surface area (TPSA) is 50.2 Å². The molecule has 7 heteroatoms. The van der Waals surface area contributed by atoms with E-state index in [0.717, 1.165) is 11.0 Å². The molecule has 2 amide bonds. The van der Waals surface area contributed by atoms with E-state index >= 15 is 0 Å². The molecule has 0 aliphatic carbocycles. The SMILES string of the molecule is CC(C)CCNC(=O)N(C)Cc1nccn1C(F)F. The number of urea groups is 1. The normalized spacial score (nSPS) is 11.1. The number of nitrogens with zero attached hydrogens (tertiary/aromatic N) is 3. The molecule has 1 aromatic rings. The summed E-state index contributed by atoms with van der Waals surface area (Å²) >= 11 is 0. The fourth-order valence-electron chi connectivity index (χ4n) is 1.53. The molecule has 0 unspecified atom stereocenters. The van der Waals surface area contributed by atoms with Crippen LogP contribution in [0.4, 0.5) is 13.6 Å². The molecule has 19 heavy (non-hydrogen) atoms. The predicted molar refractivity (Wildman–Crippen MR) is 67.8 cm³/mol. The zero-order chi connectivity index (χ0) is 14.4. The van der Waals surface area contributed by atoms with Gasteiger partial charge < -0.3 is 10.2 Å². The van der Waals surface area contributed by atoms with E-state index in [0.29, 0.717) is 12.5 Å². The number of carbonyl (C=O) groups is 1. The van der Waals surface area contributed by atoms with Crippen molar-refractivity contribution in [3.63, 3.8) is 0 Å². The molecule has 1 rings (SSSR count). The first-order valence-corrected chi connectivity index (χ1v) is 6.20. The molecule has 0 spiro atoms. The first-order chi connectivity index (χ1) is 8.91. The summed E-state index contributed by atoms with van der Waals surface area (Å²) in [5, 5.41) is 2.74. The van der Waals surface area contributed by atoms with E-state index in [1.165, 1.54) is 17.3 Å². The van der Waals surface area contributed by atoms with Crippen molar-refractivity contribution in [2.45, 2.75) is 33.4 Å². The number of aromatic nitrogens is 2. The van der Waals surface area contributed by atoms with Gasteiger partial charge in [-0.3, -0.25) is 4.57 Å². The van der Waals surface area contributed by atoms with Crippen LogP contribution >= 0.6 is 0 Å². The molecule has 0 saturated carbocycles. The minimum atomic E-state index is -2.64. The van der Waals surface area contributed by atoms with Gasteiger partial charge in [0.2, 0.25) is 0 Å². The summed E-state index contributed by atoms with van der Waals surface area (Å²) in [5.41, 5.74) is 0. The van der Waals surface area contributed by atoms with Crippen LogP contribution in [0.3, 0.4) is 0 Å². The van der Waals surface area contributed by atoms with Gasteiger partial charge in [-0.2, -0.15) is 8.78 Å². The third-order valence-electron chi connectivity index (χ3n) is 2.68. The highest BCUT2D eigenvalue weighted by molar-refractivity contribution is 5.73. The Kier molecular flexibility index (Phi) is 5.72. The number of hydrogen-bond acceptors (Lipinski definition) is 2. The molecule has 5 nitrogen and oxygen atoms in total. The number of amides is 2. The van der Waals surface area contributed by atoms with Crippen LogP contribution < -0.4 is 5.32 Å². The average Bonchev–Trinajstić information content (AvgIpc) is 2.76. The van der Waals surface area contributed by atoms with E-state index in [1.54, 1.807) is 7.05 Å². The molecular weight excluding hydrogens is 254 g/mol. The van der Waals surface area contributed by atoms with Gasteiger partial charge in [-0.15, -0.1) is 0 Å². The van der Waals surface area contributed by atoms with Crippen molar-refractivity contribution in [2.75, 3.05) is 13.6 Å². The lowest BCUT2D eigenvalue weighted by Gasteiger charge is -2.18. The molecule has 0 radical (unpaired) electrons. The van der Waals surface area contributed by atoms with Gasteiger partial charge in [0.05, 0.1) is 6.54 Å². The molecule has 0 aliphatic rings. The molecule has 0 bridgehead atoms. The lowest BCUT2D eigenvalue weighted by molar-refractivity contribution is 0.0651. The molecule has 0 saturated heterocycles. The Bertz CT molecular complexity index is 406. The van der Waals surface area contributed by atoms with Gasteiger partial charge in [0.1, 0.15) is 5.82 Å². The lowest BCUT2D eigenvalue weighted by atomic mass is 10.1. The quantitative estimate of drug-likeness (QED) is 0.866. The standard InChI is InChI=1S/C12H20F2N4O/c1-9(2)4-5-16-12(19)17(3)8-10-15-6-7-18(10)11(13)14/h6-7,9,11H,4-5,8H2,1-3H3,(H,16,19).